The third-order valence-corrected chi connectivity index (χ3v) is 4.14. The molecule has 1 aliphatic heterocycles. The number of benzene rings is 1. The van der Waals surface area contributed by atoms with E-state index in [0.717, 1.165) is 25.1 Å². The maximum atomic E-state index is 12.0. The molecule has 1 saturated carbocycles. The Morgan fingerprint density at radius 2 is 2.16 bits per heavy atom. The lowest BCUT2D eigenvalue weighted by Gasteiger charge is -2.19. The maximum absolute atomic E-state index is 12.0. The molecule has 1 amide bonds. The summed E-state index contributed by atoms with van der Waals surface area (Å²) in [6.07, 6.45) is 3.27. The van der Waals surface area contributed by atoms with Crippen LogP contribution in [0.5, 0.6) is 0 Å². The summed E-state index contributed by atoms with van der Waals surface area (Å²) in [4.78, 5) is 12.0. The largest absolute Gasteiger partial charge is 0.385 e. The van der Waals surface area contributed by atoms with Crippen LogP contribution in [0.25, 0.3) is 0 Å². The fourth-order valence-electron chi connectivity index (χ4n) is 2.70. The third kappa shape index (κ3) is 2.86. The second-order valence-corrected chi connectivity index (χ2v) is 6.14. The van der Waals surface area contributed by atoms with E-state index in [0.29, 0.717) is 0 Å². The van der Waals surface area contributed by atoms with Gasteiger partial charge in [-0.15, -0.1) is 12.4 Å². The summed E-state index contributed by atoms with van der Waals surface area (Å²) >= 11 is 0. The molecule has 104 valence electrons. The molecule has 3 rings (SSSR count). The highest BCUT2D eigenvalue weighted by molar-refractivity contribution is 5.95. The van der Waals surface area contributed by atoms with Crippen LogP contribution < -0.4 is 10.6 Å². The van der Waals surface area contributed by atoms with E-state index < -0.39 is 0 Å². The molecule has 1 fully saturated rings. The van der Waals surface area contributed by atoms with Gasteiger partial charge in [0.05, 0.1) is 0 Å². The predicted molar refractivity (Wildman–Crippen MR) is 81.0 cm³/mol. The molecule has 0 bridgehead atoms. The van der Waals surface area contributed by atoms with E-state index in [1.807, 2.05) is 6.07 Å². The van der Waals surface area contributed by atoms with Gasteiger partial charge in [0.2, 0.25) is 5.91 Å². The Morgan fingerprint density at radius 3 is 2.84 bits per heavy atom. The Bertz CT molecular complexity index is 499. The van der Waals surface area contributed by atoms with Crippen molar-refractivity contribution in [3.63, 3.8) is 0 Å². The van der Waals surface area contributed by atoms with Gasteiger partial charge in [-0.3, -0.25) is 4.79 Å². The first-order chi connectivity index (χ1) is 8.56. The van der Waals surface area contributed by atoms with Crippen molar-refractivity contribution < 1.29 is 4.79 Å². The third-order valence-electron chi connectivity index (χ3n) is 4.14. The molecule has 3 nitrogen and oxygen atoms in total. The lowest BCUT2D eigenvalue weighted by atomic mass is 10.0. The first-order valence-corrected chi connectivity index (χ1v) is 6.74. The second-order valence-electron chi connectivity index (χ2n) is 6.14. The smallest absolute Gasteiger partial charge is 0.228 e. The number of carbonyl (C=O) groups is 1. The number of fused-ring (bicyclic) bond motifs is 1. The zero-order valence-corrected chi connectivity index (χ0v) is 12.3. The van der Waals surface area contributed by atoms with Crippen LogP contribution in [0, 0.1) is 11.3 Å². The lowest BCUT2D eigenvalue weighted by molar-refractivity contribution is -0.117. The molecule has 2 aliphatic rings. The van der Waals surface area contributed by atoms with E-state index in [4.69, 9.17) is 0 Å². The minimum absolute atomic E-state index is 0. The van der Waals surface area contributed by atoms with Crippen LogP contribution in [-0.2, 0) is 11.2 Å². The SMILES string of the molecule is CC1(C)CC1C(=O)Nc1ccc2c(c1)CCCN2.Cl. The van der Waals surface area contributed by atoms with Gasteiger partial charge in [-0.05, 0) is 48.4 Å². The topological polar surface area (TPSA) is 41.1 Å². The maximum Gasteiger partial charge on any atom is 0.228 e. The van der Waals surface area contributed by atoms with Crippen LogP contribution in [-0.4, -0.2) is 12.5 Å². The quantitative estimate of drug-likeness (QED) is 0.871. The predicted octanol–water partition coefficient (Wildman–Crippen LogP) is 3.45. The van der Waals surface area contributed by atoms with Crippen LogP contribution in [0.1, 0.15) is 32.3 Å². The highest BCUT2D eigenvalue weighted by atomic mass is 35.5. The zero-order valence-electron chi connectivity index (χ0n) is 11.5. The Kier molecular flexibility index (Phi) is 3.77. The number of aryl methyl sites for hydroxylation is 1. The minimum Gasteiger partial charge on any atom is -0.385 e. The van der Waals surface area contributed by atoms with Crippen molar-refractivity contribution in [2.24, 2.45) is 11.3 Å². The standard InChI is InChI=1S/C15H20N2O.ClH/c1-15(2)9-12(15)14(18)17-11-5-6-13-10(8-11)4-3-7-16-13;/h5-6,8,12,16H,3-4,7,9H2,1-2H3,(H,17,18);1H. The summed E-state index contributed by atoms with van der Waals surface area (Å²) in [7, 11) is 0. The van der Waals surface area contributed by atoms with Gasteiger partial charge in [0, 0.05) is 23.8 Å². The van der Waals surface area contributed by atoms with Gasteiger partial charge >= 0.3 is 0 Å². The Morgan fingerprint density at radius 1 is 1.42 bits per heavy atom. The Hall–Kier alpha value is -1.22. The van der Waals surface area contributed by atoms with Crippen molar-refractivity contribution >= 4 is 29.7 Å². The summed E-state index contributed by atoms with van der Waals surface area (Å²) in [5.74, 6) is 0.357. The first-order valence-electron chi connectivity index (χ1n) is 6.74. The molecule has 0 radical (unpaired) electrons. The number of hydrogen-bond donors (Lipinski definition) is 2. The average molecular weight is 281 g/mol. The van der Waals surface area contributed by atoms with Gasteiger partial charge in [-0.2, -0.15) is 0 Å². The lowest BCUT2D eigenvalue weighted by Crippen LogP contribution is -2.17. The monoisotopic (exact) mass is 280 g/mol. The molecule has 0 aromatic heterocycles. The summed E-state index contributed by atoms with van der Waals surface area (Å²) in [5, 5.41) is 6.42. The molecule has 19 heavy (non-hydrogen) atoms. The van der Waals surface area contributed by atoms with Gasteiger partial charge in [0.25, 0.3) is 0 Å². The van der Waals surface area contributed by atoms with E-state index in [1.165, 1.54) is 17.7 Å². The van der Waals surface area contributed by atoms with Crippen molar-refractivity contribution in [2.45, 2.75) is 33.1 Å². The summed E-state index contributed by atoms with van der Waals surface area (Å²) < 4.78 is 0. The number of amides is 1. The highest BCUT2D eigenvalue weighted by Crippen LogP contribution is 2.52. The van der Waals surface area contributed by atoms with Crippen LogP contribution >= 0.6 is 12.4 Å². The average Bonchev–Trinajstić information content (AvgIpc) is 2.98. The number of nitrogens with one attached hydrogen (secondary N) is 2. The molecule has 4 heteroatoms. The molecular weight excluding hydrogens is 260 g/mol. The molecule has 0 spiro atoms. The van der Waals surface area contributed by atoms with Crippen molar-refractivity contribution in [3.05, 3.63) is 23.8 Å². The van der Waals surface area contributed by atoms with Gasteiger partial charge in [-0.25, -0.2) is 0 Å². The molecular formula is C15H21ClN2O. The van der Waals surface area contributed by atoms with Gasteiger partial charge in [-0.1, -0.05) is 13.8 Å². The van der Waals surface area contributed by atoms with Crippen molar-refractivity contribution in [1.82, 2.24) is 0 Å². The molecule has 1 aromatic rings. The molecule has 1 atom stereocenters. The summed E-state index contributed by atoms with van der Waals surface area (Å²) in [6, 6.07) is 6.17. The van der Waals surface area contributed by atoms with Gasteiger partial charge in [0.15, 0.2) is 0 Å². The highest BCUT2D eigenvalue weighted by Gasteiger charge is 2.50. The molecule has 1 aliphatic carbocycles. The van der Waals surface area contributed by atoms with Crippen molar-refractivity contribution in [2.75, 3.05) is 17.2 Å². The van der Waals surface area contributed by atoms with Gasteiger partial charge < -0.3 is 10.6 Å². The fraction of sp³-hybridized carbons (Fsp3) is 0.533. The van der Waals surface area contributed by atoms with E-state index in [1.54, 1.807) is 0 Å². The van der Waals surface area contributed by atoms with Crippen molar-refractivity contribution in [3.8, 4) is 0 Å². The van der Waals surface area contributed by atoms with E-state index in [-0.39, 0.29) is 29.6 Å². The van der Waals surface area contributed by atoms with E-state index >= 15 is 0 Å². The van der Waals surface area contributed by atoms with Crippen LogP contribution in [0.15, 0.2) is 18.2 Å². The fourth-order valence-corrected chi connectivity index (χ4v) is 2.70. The molecule has 1 heterocycles. The molecule has 0 saturated heterocycles. The minimum atomic E-state index is 0. The van der Waals surface area contributed by atoms with Crippen LogP contribution in [0.3, 0.4) is 0 Å². The molecule has 1 aromatic carbocycles. The summed E-state index contributed by atoms with van der Waals surface area (Å²) in [6.45, 7) is 5.34. The number of carbonyl (C=O) groups excluding carboxylic acids is 1. The first kappa shape index (κ1) is 14.2. The summed E-state index contributed by atoms with van der Waals surface area (Å²) in [5.41, 5.74) is 3.66. The van der Waals surface area contributed by atoms with E-state index in [2.05, 4.69) is 36.6 Å². The molecule has 1 unspecified atom stereocenters. The van der Waals surface area contributed by atoms with Gasteiger partial charge in [0.1, 0.15) is 0 Å². The zero-order chi connectivity index (χ0) is 12.8. The normalized spacial score (nSPS) is 22.5. The molecule has 2 N–H and O–H groups in total. The second kappa shape index (κ2) is 5.04. The van der Waals surface area contributed by atoms with Crippen LogP contribution in [0.2, 0.25) is 0 Å². The Labute approximate surface area is 120 Å². The van der Waals surface area contributed by atoms with Crippen LogP contribution in [0.4, 0.5) is 11.4 Å². The number of halogens is 1. The number of hydrogen-bond acceptors (Lipinski definition) is 2. The number of rotatable bonds is 2. The van der Waals surface area contributed by atoms with Crippen molar-refractivity contribution in [1.29, 1.82) is 0 Å². The number of anilines is 2. The van der Waals surface area contributed by atoms with E-state index in [9.17, 15) is 4.79 Å². The Balaban J connectivity index is 0.00000133.